The van der Waals surface area contributed by atoms with Crippen LogP contribution in [0.15, 0.2) is 121 Å². The zero-order chi connectivity index (χ0) is 18.8. The van der Waals surface area contributed by atoms with Crippen LogP contribution < -0.4 is 10.7 Å². The van der Waals surface area contributed by atoms with Crippen LogP contribution in [0.5, 0.6) is 0 Å². The van der Waals surface area contributed by atoms with Crippen LogP contribution in [0, 0.1) is 0 Å². The molecule has 0 unspecified atom stereocenters. The van der Waals surface area contributed by atoms with Crippen molar-refractivity contribution >= 4 is 40.3 Å². The minimum atomic E-state index is -3.65. The molecule has 0 aliphatic carbocycles. The van der Waals surface area contributed by atoms with Crippen LogP contribution in [-0.2, 0) is 0 Å². The molecule has 0 saturated heterocycles. The zero-order valence-electron chi connectivity index (χ0n) is 15.4. The summed E-state index contributed by atoms with van der Waals surface area (Å²) in [5.74, 6) is 0. The van der Waals surface area contributed by atoms with E-state index in [1.165, 1.54) is 21.6 Å². The fraction of sp³-hybridized carbons (Fsp3) is 0. The Morgan fingerprint density at radius 2 is 0.929 bits per heavy atom. The van der Waals surface area contributed by atoms with E-state index in [0.717, 1.165) is 0 Å². The van der Waals surface area contributed by atoms with Gasteiger partial charge in [0.1, 0.15) is 0 Å². The van der Waals surface area contributed by atoms with E-state index >= 15 is 0 Å². The molecule has 0 bridgehead atoms. The van der Waals surface area contributed by atoms with Gasteiger partial charge in [0.25, 0.3) is 0 Å². The number of aromatic nitrogens is 2. The van der Waals surface area contributed by atoms with Crippen molar-refractivity contribution in [2.24, 2.45) is 0 Å². The normalized spacial score (nSPS) is 11.6. The number of hydrogen-bond donors (Lipinski definition) is 0. The van der Waals surface area contributed by atoms with Gasteiger partial charge in [-0.15, -0.1) is 0 Å². The molecular formula is C25H20N2Sn. The van der Waals surface area contributed by atoms with Crippen molar-refractivity contribution in [2.75, 3.05) is 0 Å². The summed E-state index contributed by atoms with van der Waals surface area (Å²) in [6, 6.07) is 41.4. The monoisotopic (exact) mass is 468 g/mol. The van der Waals surface area contributed by atoms with Gasteiger partial charge in [-0.1, -0.05) is 0 Å². The molecule has 0 aliphatic rings. The molecule has 4 aromatic carbocycles. The second-order valence-corrected chi connectivity index (χ2v) is 17.1. The molecule has 0 N–H and O–H groups in total. The van der Waals surface area contributed by atoms with Crippen molar-refractivity contribution in [1.29, 1.82) is 0 Å². The van der Waals surface area contributed by atoms with Crippen LogP contribution in [0.2, 0.25) is 0 Å². The van der Waals surface area contributed by atoms with E-state index in [0.29, 0.717) is 0 Å². The van der Waals surface area contributed by atoms with Gasteiger partial charge < -0.3 is 0 Å². The van der Waals surface area contributed by atoms with Crippen LogP contribution >= 0.6 is 0 Å². The summed E-state index contributed by atoms with van der Waals surface area (Å²) in [4.78, 5) is 0. The van der Waals surface area contributed by atoms with Crippen molar-refractivity contribution in [3.05, 3.63) is 121 Å². The second-order valence-electron chi connectivity index (χ2n) is 6.92. The molecule has 1 aromatic heterocycles. The van der Waals surface area contributed by atoms with Crippen molar-refractivity contribution in [3.8, 4) is 0 Å². The molecule has 28 heavy (non-hydrogen) atoms. The molecule has 0 radical (unpaired) electrons. The molecule has 0 fully saturated rings. The van der Waals surface area contributed by atoms with Gasteiger partial charge in [-0.2, -0.15) is 0 Å². The molecule has 1 heterocycles. The number of benzene rings is 4. The SMILES string of the molecule is c1cc[c]([Sn]([c]2ccccc2)([c]2ccccc2)[n]2ncc3ccccc32)cc1. The molecule has 3 heteroatoms. The van der Waals surface area contributed by atoms with E-state index in [2.05, 4.69) is 118 Å². The quantitative estimate of drug-likeness (QED) is 0.370. The average molecular weight is 467 g/mol. The number of nitrogens with zero attached hydrogens (tertiary/aromatic N) is 2. The Morgan fingerprint density at radius 3 is 1.43 bits per heavy atom. The van der Waals surface area contributed by atoms with Gasteiger partial charge in [-0.25, -0.2) is 0 Å². The van der Waals surface area contributed by atoms with Crippen LogP contribution in [0.4, 0.5) is 0 Å². The first-order valence-electron chi connectivity index (χ1n) is 9.50. The first-order chi connectivity index (χ1) is 13.9. The van der Waals surface area contributed by atoms with Crippen molar-refractivity contribution in [2.45, 2.75) is 0 Å². The van der Waals surface area contributed by atoms with Gasteiger partial charge in [0.2, 0.25) is 0 Å². The third kappa shape index (κ3) is 2.68. The first-order valence-corrected chi connectivity index (χ1v) is 15.1. The number of para-hydroxylation sites is 1. The summed E-state index contributed by atoms with van der Waals surface area (Å²) in [6.07, 6.45) is 2.01. The summed E-state index contributed by atoms with van der Waals surface area (Å²) < 4.78 is 6.55. The van der Waals surface area contributed by atoms with Gasteiger partial charge >= 0.3 is 170 Å². The Balaban J connectivity index is 1.96. The van der Waals surface area contributed by atoms with E-state index < -0.39 is 18.7 Å². The molecule has 134 valence electrons. The Hall–Kier alpha value is -2.85. The molecule has 0 spiro atoms. The third-order valence-electron chi connectivity index (χ3n) is 5.37. The third-order valence-corrected chi connectivity index (χ3v) is 18.2. The van der Waals surface area contributed by atoms with Gasteiger partial charge in [0, 0.05) is 0 Å². The van der Waals surface area contributed by atoms with Crippen molar-refractivity contribution < 1.29 is 0 Å². The van der Waals surface area contributed by atoms with Gasteiger partial charge in [0.15, 0.2) is 0 Å². The molecule has 0 saturated carbocycles. The molecular weight excluding hydrogens is 447 g/mol. The average Bonchev–Trinajstić information content (AvgIpc) is 3.21. The standard InChI is InChI=1S/C7H5N2.3C6H5.Sn/c1-2-4-7-6(3-1)5-8-9-7;3*1-2-4-6-5-3-1;/h1-5H;3*1-5H;/q-1;;;;+1. The van der Waals surface area contributed by atoms with Crippen LogP contribution in [0.1, 0.15) is 0 Å². The fourth-order valence-electron chi connectivity index (χ4n) is 4.14. The Labute approximate surface area is 169 Å². The topological polar surface area (TPSA) is 17.8 Å². The van der Waals surface area contributed by atoms with E-state index in [1.807, 2.05) is 6.20 Å². The van der Waals surface area contributed by atoms with Gasteiger partial charge in [0.05, 0.1) is 0 Å². The number of hydrogen-bond acceptors (Lipinski definition) is 1. The van der Waals surface area contributed by atoms with E-state index in [1.54, 1.807) is 0 Å². The molecule has 0 atom stereocenters. The zero-order valence-corrected chi connectivity index (χ0v) is 18.3. The van der Waals surface area contributed by atoms with Crippen LogP contribution in [0.3, 0.4) is 0 Å². The fourth-order valence-corrected chi connectivity index (χ4v) is 17.1. The maximum atomic E-state index is 5.01. The number of fused-ring (bicyclic) bond motifs is 1. The van der Waals surface area contributed by atoms with E-state index in [4.69, 9.17) is 5.10 Å². The molecule has 0 amide bonds. The van der Waals surface area contributed by atoms with Crippen LogP contribution in [0.25, 0.3) is 10.9 Å². The summed E-state index contributed by atoms with van der Waals surface area (Å²) in [7, 11) is 0. The summed E-state index contributed by atoms with van der Waals surface area (Å²) in [5.41, 5.74) is 1.20. The summed E-state index contributed by atoms with van der Waals surface area (Å²) >= 11 is -3.65. The van der Waals surface area contributed by atoms with Crippen LogP contribution in [-0.4, -0.2) is 26.7 Å². The minimum absolute atomic E-state index is 1.19. The van der Waals surface area contributed by atoms with E-state index in [-0.39, 0.29) is 0 Å². The molecule has 5 rings (SSSR count). The van der Waals surface area contributed by atoms with Crippen molar-refractivity contribution in [1.82, 2.24) is 8.00 Å². The molecule has 2 nitrogen and oxygen atoms in total. The second kappa shape index (κ2) is 7.28. The molecule has 0 aliphatic heterocycles. The van der Waals surface area contributed by atoms with E-state index in [9.17, 15) is 0 Å². The van der Waals surface area contributed by atoms with Crippen molar-refractivity contribution in [3.63, 3.8) is 0 Å². The first kappa shape index (κ1) is 17.3. The maximum absolute atomic E-state index is 5.01. The predicted molar refractivity (Wildman–Crippen MR) is 119 cm³/mol. The predicted octanol–water partition coefficient (Wildman–Crippen LogP) is 3.55. The Bertz CT molecular complexity index is 1100. The van der Waals surface area contributed by atoms with Gasteiger partial charge in [-0.3, -0.25) is 0 Å². The summed E-state index contributed by atoms with van der Waals surface area (Å²) in [6.45, 7) is 0. The molecule has 5 aromatic rings. The summed E-state index contributed by atoms with van der Waals surface area (Å²) in [5, 5.41) is 6.19. The van der Waals surface area contributed by atoms with Gasteiger partial charge in [-0.05, 0) is 0 Å². The number of rotatable bonds is 4. The Kier molecular flexibility index (Phi) is 4.49. The Morgan fingerprint density at radius 1 is 0.500 bits per heavy atom.